The summed E-state index contributed by atoms with van der Waals surface area (Å²) < 4.78 is 5.25. The van der Waals surface area contributed by atoms with Crippen LogP contribution in [0.25, 0.3) is 0 Å². The highest BCUT2D eigenvalue weighted by Crippen LogP contribution is 2.22. The topological polar surface area (TPSA) is 65.0 Å². The smallest absolute Gasteiger partial charge is 0.322 e. The number of likely N-dealkylation sites (N-methyl/N-ethyl adjacent to an activating group) is 1. The van der Waals surface area contributed by atoms with Gasteiger partial charge in [-0.05, 0) is 19.2 Å². The van der Waals surface area contributed by atoms with E-state index in [2.05, 4.69) is 21.2 Å². The quantitative estimate of drug-likeness (QED) is 0.796. The molecule has 1 aliphatic heterocycles. The third-order valence-electron chi connectivity index (χ3n) is 3.88. The van der Waals surface area contributed by atoms with E-state index in [-0.39, 0.29) is 0 Å². The zero-order valence-corrected chi connectivity index (χ0v) is 12.6. The maximum absolute atomic E-state index is 11.0. The molecule has 0 bridgehead atoms. The number of hydrogen-bond donors (Lipinski definition) is 2. The molecule has 6 heteroatoms. The van der Waals surface area contributed by atoms with Gasteiger partial charge >= 0.3 is 5.97 Å². The van der Waals surface area contributed by atoms with Gasteiger partial charge in [0.15, 0.2) is 0 Å². The minimum atomic E-state index is -0.798. The molecule has 1 fully saturated rings. The fourth-order valence-electron chi connectivity index (χ4n) is 2.55. The lowest BCUT2D eigenvalue weighted by molar-refractivity contribution is -0.139. The predicted molar refractivity (Wildman–Crippen MR) is 82.1 cm³/mol. The fraction of sp³-hybridized carbons (Fsp3) is 0.533. The van der Waals surface area contributed by atoms with Crippen LogP contribution in [0.1, 0.15) is 0 Å². The Hall–Kier alpha value is -1.79. The van der Waals surface area contributed by atoms with Gasteiger partial charge in [-0.15, -0.1) is 0 Å². The first-order valence-electron chi connectivity index (χ1n) is 7.15. The van der Waals surface area contributed by atoms with E-state index in [4.69, 9.17) is 9.84 Å². The molecule has 1 unspecified atom stereocenters. The number of methoxy groups -OCH3 is 1. The van der Waals surface area contributed by atoms with Gasteiger partial charge in [-0.1, -0.05) is 6.07 Å². The molecule has 1 aromatic rings. The number of ether oxygens (including phenoxy) is 1. The zero-order chi connectivity index (χ0) is 15.2. The van der Waals surface area contributed by atoms with Crippen molar-refractivity contribution >= 4 is 11.7 Å². The Morgan fingerprint density at radius 2 is 2.10 bits per heavy atom. The average molecular weight is 293 g/mol. The van der Waals surface area contributed by atoms with Gasteiger partial charge in [0.2, 0.25) is 0 Å². The highest BCUT2D eigenvalue weighted by Gasteiger charge is 2.23. The molecule has 1 atom stereocenters. The Balaban J connectivity index is 1.89. The van der Waals surface area contributed by atoms with Gasteiger partial charge in [0.25, 0.3) is 0 Å². The van der Waals surface area contributed by atoms with Crippen LogP contribution >= 0.6 is 0 Å². The second kappa shape index (κ2) is 7.28. The molecule has 1 aliphatic rings. The van der Waals surface area contributed by atoms with E-state index in [1.165, 1.54) is 0 Å². The highest BCUT2D eigenvalue weighted by molar-refractivity contribution is 5.73. The first-order chi connectivity index (χ1) is 10.1. The molecule has 1 aromatic carbocycles. The molecule has 2 rings (SSSR count). The summed E-state index contributed by atoms with van der Waals surface area (Å²) in [4.78, 5) is 15.5. The molecule has 6 nitrogen and oxygen atoms in total. The van der Waals surface area contributed by atoms with E-state index < -0.39 is 12.0 Å². The summed E-state index contributed by atoms with van der Waals surface area (Å²) in [5.74, 6) is 0.0591. The van der Waals surface area contributed by atoms with Crippen LogP contribution < -0.4 is 15.0 Å². The molecule has 116 valence electrons. The SMILES string of the molecule is CNC(CN1CCN(c2cccc(OC)c2)CC1)C(=O)O. The van der Waals surface area contributed by atoms with Crippen LogP contribution in [0.15, 0.2) is 24.3 Å². The van der Waals surface area contributed by atoms with Gasteiger partial charge in [0, 0.05) is 44.5 Å². The van der Waals surface area contributed by atoms with Gasteiger partial charge in [-0.3, -0.25) is 9.69 Å². The summed E-state index contributed by atoms with van der Waals surface area (Å²) >= 11 is 0. The Kier molecular flexibility index (Phi) is 5.41. The second-order valence-corrected chi connectivity index (χ2v) is 5.17. The Morgan fingerprint density at radius 1 is 1.38 bits per heavy atom. The normalized spacial score (nSPS) is 17.5. The van der Waals surface area contributed by atoms with Crippen LogP contribution in [0, 0.1) is 0 Å². The third-order valence-corrected chi connectivity index (χ3v) is 3.88. The summed E-state index contributed by atoms with van der Waals surface area (Å²) in [7, 11) is 3.35. The number of nitrogens with zero attached hydrogens (tertiary/aromatic N) is 2. The Bertz CT molecular complexity index is 473. The monoisotopic (exact) mass is 293 g/mol. The predicted octanol–water partition coefficient (Wildman–Crippen LogP) is 0.490. The summed E-state index contributed by atoms with van der Waals surface area (Å²) in [5.41, 5.74) is 1.15. The van der Waals surface area contributed by atoms with E-state index in [0.717, 1.165) is 37.6 Å². The van der Waals surface area contributed by atoms with Gasteiger partial charge in [-0.25, -0.2) is 0 Å². The maximum atomic E-state index is 11.0. The molecular weight excluding hydrogens is 270 g/mol. The molecule has 0 radical (unpaired) electrons. The van der Waals surface area contributed by atoms with E-state index in [0.29, 0.717) is 6.54 Å². The molecule has 0 spiro atoms. The van der Waals surface area contributed by atoms with Crippen molar-refractivity contribution in [2.75, 3.05) is 51.8 Å². The van der Waals surface area contributed by atoms with Crippen LogP contribution in [0.4, 0.5) is 5.69 Å². The van der Waals surface area contributed by atoms with Crippen molar-refractivity contribution in [3.63, 3.8) is 0 Å². The molecule has 0 amide bonds. The maximum Gasteiger partial charge on any atom is 0.322 e. The lowest BCUT2D eigenvalue weighted by atomic mass is 10.2. The van der Waals surface area contributed by atoms with Crippen molar-refractivity contribution in [1.82, 2.24) is 10.2 Å². The summed E-state index contributed by atoms with van der Waals surface area (Å²) in [6, 6.07) is 7.52. The number of aliphatic carboxylic acids is 1. The van der Waals surface area contributed by atoms with Crippen molar-refractivity contribution in [3.05, 3.63) is 24.3 Å². The zero-order valence-electron chi connectivity index (χ0n) is 12.6. The molecular formula is C15H23N3O3. The van der Waals surface area contributed by atoms with Crippen molar-refractivity contribution in [2.24, 2.45) is 0 Å². The number of rotatable bonds is 6. The van der Waals surface area contributed by atoms with Crippen LogP contribution in [0.2, 0.25) is 0 Å². The first kappa shape index (κ1) is 15.6. The highest BCUT2D eigenvalue weighted by atomic mass is 16.5. The number of benzene rings is 1. The molecule has 0 aliphatic carbocycles. The molecule has 1 saturated heterocycles. The molecule has 0 aromatic heterocycles. The second-order valence-electron chi connectivity index (χ2n) is 5.17. The van der Waals surface area contributed by atoms with E-state index in [1.54, 1.807) is 14.2 Å². The van der Waals surface area contributed by atoms with Crippen molar-refractivity contribution in [1.29, 1.82) is 0 Å². The Labute approximate surface area is 125 Å². The minimum Gasteiger partial charge on any atom is -0.497 e. The number of anilines is 1. The standard InChI is InChI=1S/C15H23N3O3/c1-16-14(15(19)20)11-17-6-8-18(9-7-17)12-4-3-5-13(10-12)21-2/h3-5,10,14,16H,6-9,11H2,1-2H3,(H,19,20). The fourth-order valence-corrected chi connectivity index (χ4v) is 2.55. The number of hydrogen-bond acceptors (Lipinski definition) is 5. The number of carboxylic acid groups (broad SMARTS) is 1. The molecule has 1 heterocycles. The average Bonchev–Trinajstić information content (AvgIpc) is 2.53. The third kappa shape index (κ3) is 4.09. The van der Waals surface area contributed by atoms with Gasteiger partial charge in [0.05, 0.1) is 7.11 Å². The van der Waals surface area contributed by atoms with Crippen LogP contribution in [0.5, 0.6) is 5.75 Å². The summed E-state index contributed by atoms with van der Waals surface area (Å²) in [5, 5.41) is 11.9. The Morgan fingerprint density at radius 3 is 2.67 bits per heavy atom. The van der Waals surface area contributed by atoms with Crippen molar-refractivity contribution in [2.45, 2.75) is 6.04 Å². The van der Waals surface area contributed by atoms with Gasteiger partial charge in [0.1, 0.15) is 11.8 Å². The van der Waals surface area contributed by atoms with Gasteiger partial charge in [-0.2, -0.15) is 0 Å². The van der Waals surface area contributed by atoms with Crippen LogP contribution in [0.3, 0.4) is 0 Å². The van der Waals surface area contributed by atoms with Crippen LogP contribution in [-0.4, -0.2) is 68.9 Å². The summed E-state index contributed by atoms with van der Waals surface area (Å²) in [6.07, 6.45) is 0. The van der Waals surface area contributed by atoms with Gasteiger partial charge < -0.3 is 20.1 Å². The molecule has 0 saturated carbocycles. The number of piperazine rings is 1. The lowest BCUT2D eigenvalue weighted by Gasteiger charge is -2.37. The number of nitrogens with one attached hydrogen (secondary N) is 1. The van der Waals surface area contributed by atoms with Crippen LogP contribution in [-0.2, 0) is 4.79 Å². The molecule has 21 heavy (non-hydrogen) atoms. The van der Waals surface area contributed by atoms with E-state index in [9.17, 15) is 4.79 Å². The van der Waals surface area contributed by atoms with Crippen molar-refractivity contribution in [3.8, 4) is 5.75 Å². The first-order valence-corrected chi connectivity index (χ1v) is 7.15. The molecule has 2 N–H and O–H groups in total. The lowest BCUT2D eigenvalue weighted by Crippen LogP contribution is -2.52. The number of carboxylic acids is 1. The van der Waals surface area contributed by atoms with Crippen molar-refractivity contribution < 1.29 is 14.6 Å². The van der Waals surface area contributed by atoms with E-state index in [1.807, 2.05) is 18.2 Å². The summed E-state index contributed by atoms with van der Waals surface area (Å²) in [6.45, 7) is 4.05. The minimum absolute atomic E-state index is 0.506. The largest absolute Gasteiger partial charge is 0.497 e. The van der Waals surface area contributed by atoms with E-state index >= 15 is 0 Å². The number of carbonyl (C=O) groups is 1.